The maximum absolute atomic E-state index is 12.8. The van der Waals surface area contributed by atoms with Gasteiger partial charge in [0.15, 0.2) is 9.84 Å². The van der Waals surface area contributed by atoms with E-state index in [4.69, 9.17) is 0 Å². The van der Waals surface area contributed by atoms with Gasteiger partial charge in [-0.25, -0.2) is 13.4 Å². The van der Waals surface area contributed by atoms with Crippen molar-refractivity contribution in [2.24, 2.45) is 0 Å². The zero-order valence-corrected chi connectivity index (χ0v) is 17.4. The fraction of sp³-hybridized carbons (Fsp3) is 0.286. The largest absolute Gasteiger partial charge is 0.416 e. The van der Waals surface area contributed by atoms with E-state index in [2.05, 4.69) is 4.98 Å². The van der Waals surface area contributed by atoms with E-state index in [0.29, 0.717) is 27.6 Å². The molecular formula is C21H20F3NO2S2. The molecular weight excluding hydrogens is 419 g/mol. The van der Waals surface area contributed by atoms with E-state index in [0.717, 1.165) is 25.0 Å². The molecule has 2 aromatic carbocycles. The zero-order chi connectivity index (χ0) is 21.1. The predicted octanol–water partition coefficient (Wildman–Crippen LogP) is 6.15. The van der Waals surface area contributed by atoms with Crippen LogP contribution in [0, 0.1) is 0 Å². The van der Waals surface area contributed by atoms with Crippen molar-refractivity contribution in [3.05, 3.63) is 70.7 Å². The average Bonchev–Trinajstić information content (AvgIpc) is 3.08. The summed E-state index contributed by atoms with van der Waals surface area (Å²) in [5.74, 6) is -0.172. The van der Waals surface area contributed by atoms with Gasteiger partial charge < -0.3 is 0 Å². The van der Waals surface area contributed by atoms with Crippen LogP contribution in [0.5, 0.6) is 0 Å². The number of nitrogens with zero attached hydrogens (tertiary/aromatic N) is 1. The summed E-state index contributed by atoms with van der Waals surface area (Å²) in [5.41, 5.74) is 0.520. The molecule has 0 N–H and O–H groups in total. The molecule has 0 aliphatic heterocycles. The Morgan fingerprint density at radius 2 is 1.66 bits per heavy atom. The Morgan fingerprint density at radius 3 is 2.24 bits per heavy atom. The number of aromatic nitrogens is 1. The van der Waals surface area contributed by atoms with Crippen LogP contribution in [0.4, 0.5) is 13.2 Å². The number of halogens is 3. The molecule has 0 bridgehead atoms. The van der Waals surface area contributed by atoms with Crippen LogP contribution in [0.15, 0.2) is 59.5 Å². The molecule has 3 aromatic rings. The quantitative estimate of drug-likeness (QED) is 0.444. The van der Waals surface area contributed by atoms with Gasteiger partial charge in [0.05, 0.1) is 21.9 Å². The van der Waals surface area contributed by atoms with Crippen molar-refractivity contribution in [1.29, 1.82) is 0 Å². The second-order valence-electron chi connectivity index (χ2n) is 6.64. The normalized spacial score (nSPS) is 12.3. The third-order valence-electron chi connectivity index (χ3n) is 4.43. The lowest BCUT2D eigenvalue weighted by Crippen LogP contribution is -2.05. The first-order valence-electron chi connectivity index (χ1n) is 9.14. The summed E-state index contributed by atoms with van der Waals surface area (Å²) in [6.45, 7) is 2.03. The minimum absolute atomic E-state index is 0.172. The van der Waals surface area contributed by atoms with E-state index < -0.39 is 21.6 Å². The number of hydrogen-bond acceptors (Lipinski definition) is 4. The Bertz CT molecular complexity index is 1060. The van der Waals surface area contributed by atoms with Gasteiger partial charge in [0.2, 0.25) is 0 Å². The minimum atomic E-state index is -4.40. The van der Waals surface area contributed by atoms with Crippen molar-refractivity contribution in [3.8, 4) is 10.6 Å². The van der Waals surface area contributed by atoms with Crippen molar-refractivity contribution in [2.75, 3.05) is 0 Å². The van der Waals surface area contributed by atoms with Crippen LogP contribution in [0.3, 0.4) is 0 Å². The third-order valence-corrected chi connectivity index (χ3v) is 7.42. The Hall–Kier alpha value is -2.19. The molecule has 1 heterocycles. The SMILES string of the molecule is CCCCc1nc(-c2ccc(C(F)(F)F)cc2)sc1CS(=O)(=O)c1ccccc1. The first-order chi connectivity index (χ1) is 13.7. The maximum Gasteiger partial charge on any atom is 0.416 e. The van der Waals surface area contributed by atoms with E-state index >= 15 is 0 Å². The molecule has 0 aliphatic rings. The summed E-state index contributed by atoms with van der Waals surface area (Å²) in [4.78, 5) is 5.44. The molecule has 0 fully saturated rings. The van der Waals surface area contributed by atoms with Crippen LogP contribution in [0.25, 0.3) is 10.6 Å². The molecule has 29 heavy (non-hydrogen) atoms. The molecule has 0 unspecified atom stereocenters. The fourth-order valence-corrected chi connectivity index (χ4v) is 5.70. The summed E-state index contributed by atoms with van der Waals surface area (Å²) >= 11 is 1.23. The Labute approximate surface area is 172 Å². The number of sulfone groups is 1. The molecule has 0 radical (unpaired) electrons. The molecule has 154 valence electrons. The van der Waals surface area contributed by atoms with Crippen molar-refractivity contribution in [2.45, 2.75) is 43.0 Å². The smallest absolute Gasteiger partial charge is 0.241 e. The lowest BCUT2D eigenvalue weighted by molar-refractivity contribution is -0.137. The van der Waals surface area contributed by atoms with Crippen LogP contribution in [-0.2, 0) is 28.2 Å². The van der Waals surface area contributed by atoms with Gasteiger partial charge in [-0.05, 0) is 37.1 Å². The standard InChI is InChI=1S/C21H20F3NO2S2/c1-2-3-9-18-19(14-29(26,27)17-7-5-4-6-8-17)28-20(25-18)15-10-12-16(13-11-15)21(22,23)24/h4-8,10-13H,2-3,9,14H2,1H3. The lowest BCUT2D eigenvalue weighted by atomic mass is 10.1. The van der Waals surface area contributed by atoms with Gasteiger partial charge in [0.1, 0.15) is 5.01 Å². The summed E-state index contributed by atoms with van der Waals surface area (Å²) < 4.78 is 64.0. The van der Waals surface area contributed by atoms with E-state index in [9.17, 15) is 21.6 Å². The second-order valence-corrected chi connectivity index (χ2v) is 9.71. The molecule has 3 rings (SSSR count). The fourth-order valence-electron chi connectivity index (χ4n) is 2.84. The first kappa shape index (κ1) is 21.5. The first-order valence-corrected chi connectivity index (χ1v) is 11.6. The van der Waals surface area contributed by atoms with Gasteiger partial charge in [-0.3, -0.25) is 0 Å². The monoisotopic (exact) mass is 439 g/mol. The number of thiazole rings is 1. The molecule has 0 amide bonds. The summed E-state index contributed by atoms with van der Waals surface area (Å²) in [7, 11) is -3.53. The highest BCUT2D eigenvalue weighted by molar-refractivity contribution is 7.90. The molecule has 8 heteroatoms. The van der Waals surface area contributed by atoms with Gasteiger partial charge in [-0.2, -0.15) is 13.2 Å². The van der Waals surface area contributed by atoms with Crippen LogP contribution in [-0.4, -0.2) is 13.4 Å². The Balaban J connectivity index is 1.94. The van der Waals surface area contributed by atoms with Gasteiger partial charge >= 0.3 is 6.18 Å². The third kappa shape index (κ3) is 5.25. The number of alkyl halides is 3. The number of benzene rings is 2. The summed E-state index contributed by atoms with van der Waals surface area (Å²) in [5, 5.41) is 0.531. The van der Waals surface area contributed by atoms with Crippen molar-refractivity contribution in [3.63, 3.8) is 0 Å². The van der Waals surface area contributed by atoms with Crippen molar-refractivity contribution in [1.82, 2.24) is 4.98 Å². The second kappa shape index (κ2) is 8.67. The molecule has 0 saturated heterocycles. The maximum atomic E-state index is 12.8. The summed E-state index contributed by atoms with van der Waals surface area (Å²) in [6, 6.07) is 13.0. The lowest BCUT2D eigenvalue weighted by Gasteiger charge is -2.06. The topological polar surface area (TPSA) is 47.0 Å². The Morgan fingerprint density at radius 1 is 1.00 bits per heavy atom. The molecule has 0 atom stereocenters. The minimum Gasteiger partial charge on any atom is -0.241 e. The van der Waals surface area contributed by atoms with Gasteiger partial charge in [-0.1, -0.05) is 43.7 Å². The van der Waals surface area contributed by atoms with Gasteiger partial charge in [0.25, 0.3) is 0 Å². The highest BCUT2D eigenvalue weighted by atomic mass is 32.2. The molecule has 0 saturated carbocycles. The van der Waals surface area contributed by atoms with Gasteiger partial charge in [0, 0.05) is 10.4 Å². The number of aryl methyl sites for hydroxylation is 1. The highest BCUT2D eigenvalue weighted by Gasteiger charge is 2.30. The summed E-state index contributed by atoms with van der Waals surface area (Å²) in [6.07, 6.45) is -1.98. The number of rotatable bonds is 7. The molecule has 0 aliphatic carbocycles. The predicted molar refractivity (Wildman–Crippen MR) is 108 cm³/mol. The van der Waals surface area contributed by atoms with E-state index in [1.165, 1.54) is 23.5 Å². The highest BCUT2D eigenvalue weighted by Crippen LogP contribution is 2.34. The van der Waals surface area contributed by atoms with Crippen LogP contribution in [0.2, 0.25) is 0 Å². The number of hydrogen-bond donors (Lipinski definition) is 0. The van der Waals surface area contributed by atoms with Crippen LogP contribution in [0.1, 0.15) is 35.9 Å². The molecule has 3 nitrogen and oxygen atoms in total. The number of unbranched alkanes of at least 4 members (excludes halogenated alkanes) is 1. The average molecular weight is 440 g/mol. The van der Waals surface area contributed by atoms with E-state index in [1.54, 1.807) is 30.3 Å². The van der Waals surface area contributed by atoms with E-state index in [-0.39, 0.29) is 10.6 Å². The van der Waals surface area contributed by atoms with E-state index in [1.807, 2.05) is 6.92 Å². The van der Waals surface area contributed by atoms with Crippen LogP contribution >= 0.6 is 11.3 Å². The van der Waals surface area contributed by atoms with Crippen molar-refractivity contribution < 1.29 is 21.6 Å². The van der Waals surface area contributed by atoms with Crippen LogP contribution < -0.4 is 0 Å². The zero-order valence-electron chi connectivity index (χ0n) is 15.7. The Kier molecular flexibility index (Phi) is 6.43. The molecule has 0 spiro atoms. The van der Waals surface area contributed by atoms with Crippen molar-refractivity contribution >= 4 is 21.2 Å². The molecule has 1 aromatic heterocycles. The van der Waals surface area contributed by atoms with Gasteiger partial charge in [-0.15, -0.1) is 11.3 Å².